The van der Waals surface area contributed by atoms with E-state index < -0.39 is 10.0 Å². The first-order valence-electron chi connectivity index (χ1n) is 5.06. The van der Waals surface area contributed by atoms with E-state index in [1.807, 2.05) is 0 Å². The summed E-state index contributed by atoms with van der Waals surface area (Å²) in [4.78, 5) is 8.21. The van der Waals surface area contributed by atoms with Gasteiger partial charge >= 0.3 is 0 Å². The highest BCUT2D eigenvalue weighted by molar-refractivity contribution is 7.92. The molecule has 0 aromatic carbocycles. The van der Waals surface area contributed by atoms with E-state index >= 15 is 0 Å². The van der Waals surface area contributed by atoms with Crippen LogP contribution in [0.3, 0.4) is 0 Å². The van der Waals surface area contributed by atoms with Crippen molar-refractivity contribution in [2.24, 2.45) is 0 Å². The van der Waals surface area contributed by atoms with Gasteiger partial charge < -0.3 is 0 Å². The molecule has 1 atom stereocenters. The molecule has 1 saturated heterocycles. The summed E-state index contributed by atoms with van der Waals surface area (Å²) in [6.45, 7) is 3.85. The van der Waals surface area contributed by atoms with Crippen LogP contribution in [0.2, 0.25) is 0 Å². The molecule has 6 heteroatoms. The van der Waals surface area contributed by atoms with Gasteiger partial charge in [-0.2, -0.15) is 4.31 Å². The molecule has 5 nitrogen and oxygen atoms in total. The number of aromatic nitrogens is 2. The molecule has 0 spiro atoms. The van der Waals surface area contributed by atoms with Crippen molar-refractivity contribution in [2.75, 3.05) is 6.54 Å². The maximum atomic E-state index is 11.7. The van der Waals surface area contributed by atoms with Gasteiger partial charge in [0, 0.05) is 24.3 Å². The molecule has 0 saturated carbocycles. The van der Waals surface area contributed by atoms with E-state index in [9.17, 15) is 8.42 Å². The highest BCUT2D eigenvalue weighted by atomic mass is 32.2. The summed E-state index contributed by atoms with van der Waals surface area (Å²) < 4.78 is 24.9. The average molecular weight is 239 g/mol. The van der Waals surface area contributed by atoms with Gasteiger partial charge in [0.05, 0.1) is 6.04 Å². The number of nitrogens with zero attached hydrogens (tertiary/aromatic N) is 3. The molecule has 1 fully saturated rings. The fourth-order valence-corrected chi connectivity index (χ4v) is 3.01. The summed E-state index contributed by atoms with van der Waals surface area (Å²) >= 11 is 0. The molecular formula is C10H13N3O2S. The summed E-state index contributed by atoms with van der Waals surface area (Å²) in [6.07, 6.45) is 4.84. The Morgan fingerprint density at radius 1 is 1.44 bits per heavy atom. The highest BCUT2D eigenvalue weighted by Gasteiger charge is 2.34. The first kappa shape index (κ1) is 11.2. The monoisotopic (exact) mass is 239 g/mol. The Morgan fingerprint density at radius 2 is 2.12 bits per heavy atom. The molecule has 0 radical (unpaired) electrons. The number of hydrogen-bond acceptors (Lipinski definition) is 4. The van der Waals surface area contributed by atoms with Crippen LogP contribution in [0, 0.1) is 0 Å². The molecule has 16 heavy (non-hydrogen) atoms. The lowest BCUT2D eigenvalue weighted by molar-refractivity contribution is 0.388. The molecule has 1 aromatic heterocycles. The fraction of sp³-hybridized carbons (Fsp3) is 0.400. The Morgan fingerprint density at radius 3 is 2.75 bits per heavy atom. The van der Waals surface area contributed by atoms with Crippen LogP contribution in [0.5, 0.6) is 0 Å². The van der Waals surface area contributed by atoms with Crippen LogP contribution >= 0.6 is 0 Å². The summed E-state index contributed by atoms with van der Waals surface area (Å²) in [5.41, 5.74) is 0. The third kappa shape index (κ3) is 1.98. The molecule has 0 amide bonds. The zero-order chi connectivity index (χ0) is 11.6. The highest BCUT2D eigenvalue weighted by Crippen LogP contribution is 2.32. The van der Waals surface area contributed by atoms with Gasteiger partial charge in [-0.1, -0.05) is 6.58 Å². The molecule has 1 aliphatic heterocycles. The number of sulfonamides is 1. The van der Waals surface area contributed by atoms with Crippen LogP contribution in [-0.4, -0.2) is 29.2 Å². The lowest BCUT2D eigenvalue weighted by atomic mass is 10.2. The normalized spacial score (nSPS) is 22.1. The number of rotatable bonds is 3. The SMILES string of the molecule is C=CS(=O)(=O)N1CCCC1c1ncccn1. The molecule has 0 bridgehead atoms. The van der Waals surface area contributed by atoms with E-state index in [1.54, 1.807) is 18.5 Å². The van der Waals surface area contributed by atoms with Gasteiger partial charge in [0.15, 0.2) is 0 Å². The zero-order valence-corrected chi connectivity index (χ0v) is 9.60. The van der Waals surface area contributed by atoms with Crippen molar-refractivity contribution >= 4 is 10.0 Å². The minimum absolute atomic E-state index is 0.246. The van der Waals surface area contributed by atoms with Gasteiger partial charge in [-0.05, 0) is 18.9 Å². The predicted octanol–water partition coefficient (Wildman–Crippen LogP) is 1.09. The van der Waals surface area contributed by atoms with E-state index in [1.165, 1.54) is 4.31 Å². The standard InChI is InChI=1S/C10H13N3O2S/c1-2-16(14,15)13-8-3-5-9(13)10-11-6-4-7-12-10/h2,4,6-7,9H,1,3,5,8H2. The Kier molecular flexibility index (Phi) is 3.02. The van der Waals surface area contributed by atoms with Crippen molar-refractivity contribution in [3.8, 4) is 0 Å². The van der Waals surface area contributed by atoms with Crippen LogP contribution in [0.4, 0.5) is 0 Å². The van der Waals surface area contributed by atoms with Crippen molar-refractivity contribution in [1.29, 1.82) is 0 Å². The van der Waals surface area contributed by atoms with E-state index in [0.29, 0.717) is 12.4 Å². The molecule has 1 aliphatic rings. The van der Waals surface area contributed by atoms with Crippen molar-refractivity contribution < 1.29 is 8.42 Å². The van der Waals surface area contributed by atoms with Crippen molar-refractivity contribution in [2.45, 2.75) is 18.9 Å². The van der Waals surface area contributed by atoms with Gasteiger partial charge in [-0.3, -0.25) is 0 Å². The Hall–Kier alpha value is -1.27. The molecule has 1 unspecified atom stereocenters. The van der Waals surface area contributed by atoms with Gasteiger partial charge in [0.2, 0.25) is 10.0 Å². The Balaban J connectivity index is 2.33. The molecule has 0 N–H and O–H groups in total. The predicted molar refractivity (Wildman–Crippen MR) is 59.8 cm³/mol. The van der Waals surface area contributed by atoms with Crippen LogP contribution < -0.4 is 0 Å². The third-order valence-electron chi connectivity index (χ3n) is 2.62. The van der Waals surface area contributed by atoms with Crippen LogP contribution in [0.25, 0.3) is 0 Å². The third-order valence-corrected chi connectivity index (χ3v) is 4.14. The first-order chi connectivity index (χ1) is 7.65. The van der Waals surface area contributed by atoms with Crippen molar-refractivity contribution in [3.05, 3.63) is 36.3 Å². The largest absolute Gasteiger partial charge is 0.240 e. The number of hydrogen-bond donors (Lipinski definition) is 0. The second kappa shape index (κ2) is 4.31. The van der Waals surface area contributed by atoms with Gasteiger partial charge in [0.25, 0.3) is 0 Å². The van der Waals surface area contributed by atoms with Crippen LogP contribution in [-0.2, 0) is 10.0 Å². The smallest absolute Gasteiger partial charge is 0.236 e. The molecule has 86 valence electrons. The van der Waals surface area contributed by atoms with E-state index in [2.05, 4.69) is 16.5 Å². The topological polar surface area (TPSA) is 63.2 Å². The van der Waals surface area contributed by atoms with Crippen LogP contribution in [0.1, 0.15) is 24.7 Å². The molecular weight excluding hydrogens is 226 g/mol. The van der Waals surface area contributed by atoms with Crippen molar-refractivity contribution in [1.82, 2.24) is 14.3 Å². The summed E-state index contributed by atoms with van der Waals surface area (Å²) in [6, 6.07) is 1.47. The van der Waals surface area contributed by atoms with Crippen molar-refractivity contribution in [3.63, 3.8) is 0 Å². The lowest BCUT2D eigenvalue weighted by Gasteiger charge is -2.20. The summed E-state index contributed by atoms with van der Waals surface area (Å²) in [7, 11) is -3.38. The molecule has 2 heterocycles. The first-order valence-corrected chi connectivity index (χ1v) is 6.56. The van der Waals surface area contributed by atoms with Crippen LogP contribution in [0.15, 0.2) is 30.4 Å². The van der Waals surface area contributed by atoms with Gasteiger partial charge in [0.1, 0.15) is 5.82 Å². The van der Waals surface area contributed by atoms with Gasteiger partial charge in [-0.25, -0.2) is 18.4 Å². The second-order valence-electron chi connectivity index (χ2n) is 3.59. The minimum atomic E-state index is -3.38. The average Bonchev–Trinajstić information content (AvgIpc) is 2.80. The fourth-order valence-electron chi connectivity index (χ4n) is 1.88. The summed E-state index contributed by atoms with van der Waals surface area (Å²) in [5, 5.41) is 0.980. The minimum Gasteiger partial charge on any atom is -0.240 e. The van der Waals surface area contributed by atoms with Gasteiger partial charge in [-0.15, -0.1) is 0 Å². The maximum Gasteiger partial charge on any atom is 0.236 e. The van der Waals surface area contributed by atoms with E-state index in [-0.39, 0.29) is 6.04 Å². The lowest BCUT2D eigenvalue weighted by Crippen LogP contribution is -2.29. The molecule has 0 aliphatic carbocycles. The quantitative estimate of drug-likeness (QED) is 0.792. The Labute approximate surface area is 94.9 Å². The maximum absolute atomic E-state index is 11.7. The van der Waals surface area contributed by atoms with E-state index in [4.69, 9.17) is 0 Å². The molecule has 2 rings (SSSR count). The molecule has 1 aromatic rings. The second-order valence-corrected chi connectivity index (χ2v) is 5.42. The van der Waals surface area contributed by atoms with E-state index in [0.717, 1.165) is 18.2 Å². The zero-order valence-electron chi connectivity index (χ0n) is 8.78. The Bertz CT molecular complexity index is 472. The summed E-state index contributed by atoms with van der Waals surface area (Å²) in [5.74, 6) is 0.561.